The summed E-state index contributed by atoms with van der Waals surface area (Å²) in [5, 5.41) is 6.54. The smallest absolute Gasteiger partial charge is 0.248 e. The average Bonchev–Trinajstić information content (AvgIpc) is 2.57. The van der Waals surface area contributed by atoms with E-state index in [9.17, 15) is 4.79 Å². The van der Waals surface area contributed by atoms with Crippen LogP contribution in [-0.4, -0.2) is 18.9 Å². The first kappa shape index (κ1) is 20.0. The van der Waals surface area contributed by atoms with Gasteiger partial charge in [0.2, 0.25) is 5.91 Å². The van der Waals surface area contributed by atoms with Crippen molar-refractivity contribution < 1.29 is 4.79 Å². The van der Waals surface area contributed by atoms with Crippen LogP contribution in [0.3, 0.4) is 0 Å². The zero-order chi connectivity index (χ0) is 16.7. The number of halogens is 1. The molecule has 6 heteroatoms. The number of aliphatic imine (C=N–C) groups is 1. The summed E-state index contributed by atoms with van der Waals surface area (Å²) in [5.74, 6) is 0.312. The monoisotopic (exact) mass is 438 g/mol. The minimum atomic E-state index is -0.416. The Bertz CT molecular complexity index is 698. The number of nitrogens with zero attached hydrogens (tertiary/aromatic N) is 1. The summed E-state index contributed by atoms with van der Waals surface area (Å²) in [4.78, 5) is 15.3. The van der Waals surface area contributed by atoms with Gasteiger partial charge in [-0.3, -0.25) is 9.79 Å². The molecule has 0 unspecified atom stereocenters. The fourth-order valence-corrected chi connectivity index (χ4v) is 2.18. The Kier molecular flexibility index (Phi) is 8.25. The summed E-state index contributed by atoms with van der Waals surface area (Å²) in [6.07, 6.45) is 0. The van der Waals surface area contributed by atoms with Crippen LogP contribution in [0, 0.1) is 6.92 Å². The van der Waals surface area contributed by atoms with E-state index in [0.717, 1.165) is 11.5 Å². The van der Waals surface area contributed by atoms with Gasteiger partial charge in [-0.15, -0.1) is 24.0 Å². The number of benzene rings is 2. The number of carbonyl (C=O) groups excluding carboxylic acids is 1. The molecule has 0 spiro atoms. The highest BCUT2D eigenvalue weighted by molar-refractivity contribution is 14.0. The fraction of sp³-hybridized carbons (Fsp3) is 0.222. The molecule has 2 rings (SSSR count). The molecule has 128 valence electrons. The van der Waals surface area contributed by atoms with Gasteiger partial charge >= 0.3 is 0 Å². The van der Waals surface area contributed by atoms with Crippen molar-refractivity contribution in [3.63, 3.8) is 0 Å². The lowest BCUT2D eigenvalue weighted by atomic mass is 10.1. The van der Waals surface area contributed by atoms with Crippen LogP contribution in [0.15, 0.2) is 53.5 Å². The number of carbonyl (C=O) groups is 1. The highest BCUT2D eigenvalue weighted by Crippen LogP contribution is 2.06. The minimum absolute atomic E-state index is 0. The van der Waals surface area contributed by atoms with Crippen LogP contribution in [0.25, 0.3) is 0 Å². The van der Waals surface area contributed by atoms with Gasteiger partial charge in [0.1, 0.15) is 0 Å². The van der Waals surface area contributed by atoms with Crippen LogP contribution >= 0.6 is 24.0 Å². The number of nitrogens with one attached hydrogen (secondary N) is 2. The number of hydrogen-bond donors (Lipinski definition) is 3. The molecule has 0 radical (unpaired) electrons. The van der Waals surface area contributed by atoms with E-state index < -0.39 is 5.91 Å². The van der Waals surface area contributed by atoms with Gasteiger partial charge in [-0.1, -0.05) is 36.4 Å². The fourth-order valence-electron chi connectivity index (χ4n) is 2.18. The quantitative estimate of drug-likeness (QED) is 0.382. The molecule has 2 aromatic rings. The van der Waals surface area contributed by atoms with E-state index in [4.69, 9.17) is 5.73 Å². The molecule has 0 heterocycles. The molecule has 4 N–H and O–H groups in total. The standard InChI is InChI=1S/C18H22N4O.HI/c1-13-5-3-4-6-16(13)12-22-18(20-2)21-11-14-7-9-15(10-8-14)17(19)23;/h3-10H,11-12H2,1-2H3,(H2,19,23)(H2,20,21,22);1H. The van der Waals surface area contributed by atoms with Crippen LogP contribution in [-0.2, 0) is 13.1 Å². The number of hydrogen-bond acceptors (Lipinski definition) is 2. The summed E-state index contributed by atoms with van der Waals surface area (Å²) in [7, 11) is 1.74. The normalized spacial score (nSPS) is 10.7. The largest absolute Gasteiger partial charge is 0.366 e. The SMILES string of the molecule is CN=C(NCc1ccc(C(N)=O)cc1)NCc1ccccc1C.I. The molecule has 1 amide bonds. The third-order valence-corrected chi connectivity index (χ3v) is 3.63. The molecule has 0 aliphatic carbocycles. The average molecular weight is 438 g/mol. The first-order valence-corrected chi connectivity index (χ1v) is 7.48. The number of nitrogens with two attached hydrogens (primary N) is 1. The Morgan fingerprint density at radius 1 is 1.04 bits per heavy atom. The van der Waals surface area contributed by atoms with E-state index in [1.165, 1.54) is 11.1 Å². The highest BCUT2D eigenvalue weighted by atomic mass is 127. The van der Waals surface area contributed by atoms with Gasteiger partial charge in [0, 0.05) is 25.7 Å². The van der Waals surface area contributed by atoms with Gasteiger partial charge in [-0.2, -0.15) is 0 Å². The van der Waals surface area contributed by atoms with Gasteiger partial charge in [0.05, 0.1) is 0 Å². The van der Waals surface area contributed by atoms with E-state index >= 15 is 0 Å². The maximum absolute atomic E-state index is 11.0. The molecule has 0 aliphatic heterocycles. The Hall–Kier alpha value is -2.09. The molecular weight excluding hydrogens is 415 g/mol. The van der Waals surface area contributed by atoms with Gasteiger partial charge in [-0.25, -0.2) is 0 Å². The number of primary amides is 1. The maximum Gasteiger partial charge on any atom is 0.248 e. The number of guanidine groups is 1. The van der Waals surface area contributed by atoms with E-state index in [1.807, 2.05) is 24.3 Å². The maximum atomic E-state index is 11.0. The van der Waals surface area contributed by atoms with Crippen molar-refractivity contribution in [3.8, 4) is 0 Å². The Labute approximate surface area is 159 Å². The molecule has 0 aliphatic rings. The van der Waals surface area contributed by atoms with E-state index in [0.29, 0.717) is 18.7 Å². The third kappa shape index (κ3) is 5.84. The van der Waals surface area contributed by atoms with Crippen LogP contribution in [0.1, 0.15) is 27.0 Å². The van der Waals surface area contributed by atoms with Crippen molar-refractivity contribution in [2.45, 2.75) is 20.0 Å². The predicted molar refractivity (Wildman–Crippen MR) is 109 cm³/mol. The molecule has 0 saturated heterocycles. The van der Waals surface area contributed by atoms with E-state index in [-0.39, 0.29) is 24.0 Å². The van der Waals surface area contributed by atoms with Crippen LogP contribution < -0.4 is 16.4 Å². The second-order valence-corrected chi connectivity index (χ2v) is 5.27. The Balaban J connectivity index is 0.00000288. The van der Waals surface area contributed by atoms with Crippen molar-refractivity contribution in [1.29, 1.82) is 0 Å². The van der Waals surface area contributed by atoms with E-state index in [2.05, 4.69) is 34.7 Å². The van der Waals surface area contributed by atoms with Gasteiger partial charge in [0.15, 0.2) is 5.96 Å². The van der Waals surface area contributed by atoms with Crippen LogP contribution in [0.4, 0.5) is 0 Å². The van der Waals surface area contributed by atoms with Gasteiger partial charge < -0.3 is 16.4 Å². The molecule has 24 heavy (non-hydrogen) atoms. The molecular formula is C18H23IN4O. The third-order valence-electron chi connectivity index (χ3n) is 3.63. The predicted octanol–water partition coefficient (Wildman–Crippen LogP) is 2.58. The Morgan fingerprint density at radius 2 is 1.67 bits per heavy atom. The van der Waals surface area contributed by atoms with E-state index in [1.54, 1.807) is 19.2 Å². The molecule has 0 atom stereocenters. The van der Waals surface area contributed by atoms with Crippen molar-refractivity contribution in [1.82, 2.24) is 10.6 Å². The summed E-state index contributed by atoms with van der Waals surface area (Å²) < 4.78 is 0. The summed E-state index contributed by atoms with van der Waals surface area (Å²) >= 11 is 0. The lowest BCUT2D eigenvalue weighted by molar-refractivity contribution is 0.100. The first-order valence-electron chi connectivity index (χ1n) is 7.48. The zero-order valence-corrected chi connectivity index (χ0v) is 16.2. The summed E-state index contributed by atoms with van der Waals surface area (Å²) in [6.45, 7) is 3.42. The second-order valence-electron chi connectivity index (χ2n) is 5.27. The minimum Gasteiger partial charge on any atom is -0.366 e. The molecule has 0 aromatic heterocycles. The van der Waals surface area contributed by atoms with Crippen molar-refractivity contribution >= 4 is 35.8 Å². The van der Waals surface area contributed by atoms with Crippen LogP contribution in [0.2, 0.25) is 0 Å². The molecule has 5 nitrogen and oxygen atoms in total. The van der Waals surface area contributed by atoms with Crippen molar-refractivity contribution in [2.75, 3.05) is 7.05 Å². The highest BCUT2D eigenvalue weighted by Gasteiger charge is 2.02. The van der Waals surface area contributed by atoms with Crippen LogP contribution in [0.5, 0.6) is 0 Å². The molecule has 0 fully saturated rings. The lowest BCUT2D eigenvalue weighted by Gasteiger charge is -2.13. The number of amides is 1. The summed E-state index contributed by atoms with van der Waals surface area (Å²) in [6, 6.07) is 15.4. The molecule has 0 saturated carbocycles. The van der Waals surface area contributed by atoms with Crippen molar-refractivity contribution in [3.05, 3.63) is 70.8 Å². The number of rotatable bonds is 5. The Morgan fingerprint density at radius 3 is 2.25 bits per heavy atom. The molecule has 2 aromatic carbocycles. The molecule has 0 bridgehead atoms. The van der Waals surface area contributed by atoms with Gasteiger partial charge in [-0.05, 0) is 35.7 Å². The first-order chi connectivity index (χ1) is 11.1. The number of aryl methyl sites for hydroxylation is 1. The zero-order valence-electron chi connectivity index (χ0n) is 13.9. The second kappa shape index (κ2) is 9.92. The van der Waals surface area contributed by atoms with Crippen molar-refractivity contribution in [2.24, 2.45) is 10.7 Å². The van der Waals surface area contributed by atoms with Gasteiger partial charge in [0.25, 0.3) is 0 Å². The lowest BCUT2D eigenvalue weighted by Crippen LogP contribution is -2.36. The topological polar surface area (TPSA) is 79.5 Å². The summed E-state index contributed by atoms with van der Waals surface area (Å²) in [5.41, 5.74) is 9.28.